The molecule has 0 saturated heterocycles. The summed E-state index contributed by atoms with van der Waals surface area (Å²) in [6.45, 7) is 8.73. The molecule has 0 amide bonds. The monoisotopic (exact) mass is 164 g/mol. The lowest BCUT2D eigenvalue weighted by molar-refractivity contribution is 0.352. The molecular weight excluding hydrogens is 148 g/mol. The third-order valence-electron chi connectivity index (χ3n) is 3.37. The molecule has 0 atom stereocenters. The number of hydrogen-bond donors (Lipinski definition) is 0. The fraction of sp³-hybridized carbons (Fsp3) is 0.727. The van der Waals surface area contributed by atoms with Crippen molar-refractivity contribution in [2.45, 2.75) is 51.4 Å². The van der Waals surface area contributed by atoms with Crippen LogP contribution in [0.25, 0.3) is 0 Å². The first kappa shape index (κ1) is 8.03. The molecule has 66 valence electrons. The minimum Gasteiger partial charge on any atom is -0.289 e. The van der Waals surface area contributed by atoms with Gasteiger partial charge in [0.25, 0.3) is 0 Å². The minimum atomic E-state index is 0.169. The van der Waals surface area contributed by atoms with Crippen molar-refractivity contribution in [2.75, 3.05) is 0 Å². The molecule has 12 heavy (non-hydrogen) atoms. The molecule has 1 aliphatic carbocycles. The van der Waals surface area contributed by atoms with Gasteiger partial charge < -0.3 is 0 Å². The molecule has 0 unspecified atom stereocenters. The van der Waals surface area contributed by atoms with Crippen LogP contribution in [0.5, 0.6) is 0 Å². The van der Waals surface area contributed by atoms with Crippen molar-refractivity contribution >= 4 is 0 Å². The van der Waals surface area contributed by atoms with Gasteiger partial charge in [-0.2, -0.15) is 0 Å². The van der Waals surface area contributed by atoms with E-state index in [0.29, 0.717) is 5.43 Å². The van der Waals surface area contributed by atoms with Crippen LogP contribution in [0.3, 0.4) is 0 Å². The molecule has 0 saturated carbocycles. The first-order chi connectivity index (χ1) is 5.36. The Morgan fingerprint density at radius 1 is 0.917 bits per heavy atom. The predicted molar refractivity (Wildman–Crippen MR) is 50.4 cm³/mol. The lowest BCUT2D eigenvalue weighted by Gasteiger charge is -2.32. The van der Waals surface area contributed by atoms with Gasteiger partial charge in [0.2, 0.25) is 0 Å². The topological polar surface area (TPSA) is 17.1 Å². The van der Waals surface area contributed by atoms with E-state index in [1.165, 1.54) is 0 Å². The molecular formula is C11H16O. The summed E-state index contributed by atoms with van der Waals surface area (Å²) in [6, 6.07) is 0. The summed E-state index contributed by atoms with van der Waals surface area (Å²) in [6.07, 6.45) is 2.31. The minimum absolute atomic E-state index is 0.169. The van der Waals surface area contributed by atoms with Crippen LogP contribution in [0.4, 0.5) is 0 Å². The third-order valence-corrected chi connectivity index (χ3v) is 3.37. The van der Waals surface area contributed by atoms with Crippen molar-refractivity contribution in [1.29, 1.82) is 0 Å². The molecule has 0 radical (unpaired) electrons. The Hall–Kier alpha value is -0.590. The summed E-state index contributed by atoms with van der Waals surface area (Å²) in [4.78, 5) is 11.5. The van der Waals surface area contributed by atoms with Gasteiger partial charge in [-0.05, 0) is 23.7 Å². The molecule has 0 aromatic heterocycles. The van der Waals surface area contributed by atoms with Gasteiger partial charge >= 0.3 is 0 Å². The Morgan fingerprint density at radius 2 is 1.25 bits per heavy atom. The lowest BCUT2D eigenvalue weighted by atomic mass is 9.71. The van der Waals surface area contributed by atoms with E-state index >= 15 is 0 Å². The second-order valence-electron chi connectivity index (χ2n) is 5.35. The molecule has 1 nitrogen and oxygen atoms in total. The summed E-state index contributed by atoms with van der Waals surface area (Å²) in [5.74, 6) is 0. The van der Waals surface area contributed by atoms with Gasteiger partial charge in [-0.15, -0.1) is 0 Å². The number of rotatable bonds is 0. The molecule has 0 spiro atoms. The van der Waals surface area contributed by atoms with Gasteiger partial charge in [0, 0.05) is 11.1 Å². The molecule has 2 rings (SSSR count). The second kappa shape index (κ2) is 1.84. The highest BCUT2D eigenvalue weighted by Crippen LogP contribution is 2.47. The molecule has 0 N–H and O–H groups in total. The van der Waals surface area contributed by atoms with Crippen LogP contribution in [0.15, 0.2) is 4.79 Å². The molecule has 0 heterocycles. The quantitative estimate of drug-likeness (QED) is 0.575. The van der Waals surface area contributed by atoms with Crippen LogP contribution in [0.2, 0.25) is 0 Å². The van der Waals surface area contributed by atoms with Crippen molar-refractivity contribution in [3.63, 3.8) is 0 Å². The Kier molecular flexibility index (Phi) is 1.23. The van der Waals surface area contributed by atoms with E-state index in [1.807, 2.05) is 0 Å². The first-order valence-electron chi connectivity index (χ1n) is 4.66. The van der Waals surface area contributed by atoms with Gasteiger partial charge in [0.15, 0.2) is 5.43 Å². The molecule has 0 fully saturated rings. The molecule has 1 aliphatic rings. The maximum atomic E-state index is 11.5. The van der Waals surface area contributed by atoms with Gasteiger partial charge in [-0.25, -0.2) is 0 Å². The highest BCUT2D eigenvalue weighted by Gasteiger charge is 2.47. The van der Waals surface area contributed by atoms with Crippen molar-refractivity contribution < 1.29 is 0 Å². The Morgan fingerprint density at radius 3 is 1.58 bits per heavy atom. The molecule has 0 aliphatic heterocycles. The van der Waals surface area contributed by atoms with Crippen LogP contribution in [0.1, 0.15) is 51.7 Å². The number of hydrogen-bond acceptors (Lipinski definition) is 1. The largest absolute Gasteiger partial charge is 0.289 e. The zero-order valence-electron chi connectivity index (χ0n) is 8.32. The van der Waals surface area contributed by atoms with Gasteiger partial charge in [0.05, 0.1) is 0 Å². The summed E-state index contributed by atoms with van der Waals surface area (Å²) < 4.78 is 0. The normalized spacial score (nSPS) is 25.7. The van der Waals surface area contributed by atoms with Crippen LogP contribution in [-0.4, -0.2) is 0 Å². The fourth-order valence-corrected chi connectivity index (χ4v) is 2.34. The van der Waals surface area contributed by atoms with Crippen LogP contribution in [0, 0.1) is 0 Å². The van der Waals surface area contributed by atoms with E-state index in [4.69, 9.17) is 0 Å². The smallest absolute Gasteiger partial charge is 0.186 e. The Bertz CT molecular complexity index is 304. The molecule has 1 aromatic carbocycles. The molecule has 1 aromatic rings. The summed E-state index contributed by atoms with van der Waals surface area (Å²) in [5.41, 5.74) is 2.98. The highest BCUT2D eigenvalue weighted by atomic mass is 16.1. The summed E-state index contributed by atoms with van der Waals surface area (Å²) in [7, 11) is 0. The highest BCUT2D eigenvalue weighted by molar-refractivity contribution is 5.51. The maximum absolute atomic E-state index is 11.5. The average Bonchev–Trinajstić information content (AvgIpc) is 2.57. The first-order valence-corrected chi connectivity index (χ1v) is 4.66. The van der Waals surface area contributed by atoms with E-state index in [0.717, 1.165) is 24.0 Å². The van der Waals surface area contributed by atoms with Gasteiger partial charge in [-0.3, -0.25) is 4.79 Å². The predicted octanol–water partition coefficient (Wildman–Crippen LogP) is 2.27. The zero-order valence-corrected chi connectivity index (χ0v) is 8.32. The van der Waals surface area contributed by atoms with E-state index in [-0.39, 0.29) is 10.8 Å². The van der Waals surface area contributed by atoms with Crippen molar-refractivity contribution in [3.05, 3.63) is 21.4 Å². The van der Waals surface area contributed by atoms with E-state index < -0.39 is 0 Å². The van der Waals surface area contributed by atoms with E-state index in [2.05, 4.69) is 27.7 Å². The summed E-state index contributed by atoms with van der Waals surface area (Å²) in [5, 5.41) is 0. The SMILES string of the molecule is CC1(C)CCC(C)(C)c2c1c2=O. The average molecular weight is 164 g/mol. The van der Waals surface area contributed by atoms with Crippen molar-refractivity contribution in [1.82, 2.24) is 0 Å². The van der Waals surface area contributed by atoms with Gasteiger partial charge in [-0.1, -0.05) is 27.7 Å². The van der Waals surface area contributed by atoms with Crippen LogP contribution in [-0.2, 0) is 10.8 Å². The standard InChI is InChI=1S/C11H16O/c1-10(2)5-6-11(3,4)8-7(10)9(8)12/h5-6H2,1-4H3. The second-order valence-corrected chi connectivity index (χ2v) is 5.35. The molecule has 1 heteroatoms. The molecule has 0 bridgehead atoms. The summed E-state index contributed by atoms with van der Waals surface area (Å²) >= 11 is 0. The lowest BCUT2D eigenvalue weighted by Crippen LogP contribution is -2.26. The van der Waals surface area contributed by atoms with E-state index in [9.17, 15) is 4.79 Å². The van der Waals surface area contributed by atoms with E-state index in [1.54, 1.807) is 0 Å². The van der Waals surface area contributed by atoms with Crippen molar-refractivity contribution in [3.8, 4) is 0 Å². The maximum Gasteiger partial charge on any atom is 0.186 e. The van der Waals surface area contributed by atoms with Crippen LogP contribution < -0.4 is 5.43 Å². The zero-order chi connectivity index (χ0) is 9.15. The third kappa shape index (κ3) is 0.825. The fourth-order valence-electron chi connectivity index (χ4n) is 2.34. The Labute approximate surface area is 73.5 Å². The number of fused-ring (bicyclic) bond motifs is 1. The van der Waals surface area contributed by atoms with Crippen molar-refractivity contribution in [2.24, 2.45) is 0 Å². The van der Waals surface area contributed by atoms with Gasteiger partial charge in [0.1, 0.15) is 0 Å². The van der Waals surface area contributed by atoms with Crippen LogP contribution >= 0.6 is 0 Å². The Balaban J connectivity index is 2.49.